The molecule has 0 spiro atoms. The maximum atomic E-state index is 12.3. The lowest BCUT2D eigenvalue weighted by Gasteiger charge is -2.37. The Morgan fingerprint density at radius 2 is 1.76 bits per heavy atom. The molecule has 2 heterocycles. The fourth-order valence-electron chi connectivity index (χ4n) is 2.94. The van der Waals surface area contributed by atoms with Crippen LogP contribution in [0.4, 0.5) is 4.79 Å². The average molecular weight is 240 g/mol. The minimum absolute atomic E-state index is 0.229. The van der Waals surface area contributed by atoms with Gasteiger partial charge in [-0.2, -0.15) is 0 Å². The summed E-state index contributed by atoms with van der Waals surface area (Å²) in [6.07, 6.45) is 6.65. The van der Waals surface area contributed by atoms with Crippen molar-refractivity contribution in [2.45, 2.75) is 38.5 Å². The number of rotatable bonds is 2. The van der Waals surface area contributed by atoms with Gasteiger partial charge in [-0.05, 0) is 44.4 Å². The molecule has 4 nitrogen and oxygen atoms in total. The Kier molecular flexibility index (Phi) is 4.66. The van der Waals surface area contributed by atoms with E-state index in [9.17, 15) is 4.79 Å². The molecule has 0 aromatic carbocycles. The molecule has 4 heteroatoms. The second-order valence-corrected chi connectivity index (χ2v) is 5.30. The third-order valence-corrected chi connectivity index (χ3v) is 3.95. The van der Waals surface area contributed by atoms with Crippen molar-refractivity contribution >= 4 is 6.03 Å². The first kappa shape index (κ1) is 12.7. The van der Waals surface area contributed by atoms with Crippen LogP contribution >= 0.6 is 0 Å². The molecule has 2 fully saturated rings. The molecule has 2 saturated heterocycles. The Morgan fingerprint density at radius 1 is 1.06 bits per heavy atom. The topological polar surface area (TPSA) is 43.8 Å². The molecule has 0 aliphatic carbocycles. The molecule has 1 N–H and O–H groups in total. The highest BCUT2D eigenvalue weighted by Crippen LogP contribution is 2.21. The van der Waals surface area contributed by atoms with Gasteiger partial charge < -0.3 is 14.9 Å². The van der Waals surface area contributed by atoms with Gasteiger partial charge in [-0.3, -0.25) is 0 Å². The first-order chi connectivity index (χ1) is 8.31. The lowest BCUT2D eigenvalue weighted by molar-refractivity contribution is 0.113. The lowest BCUT2D eigenvalue weighted by Crippen LogP contribution is -2.49. The highest BCUT2D eigenvalue weighted by Gasteiger charge is 2.27. The number of aliphatic hydroxyl groups excluding tert-OH is 1. The number of carbonyl (C=O) groups excluding carboxylic acids is 1. The van der Waals surface area contributed by atoms with E-state index in [-0.39, 0.29) is 12.6 Å². The SMILES string of the molecule is O=C(N1CCCCC1)N1CCCC(CCO)C1. The molecule has 0 saturated carbocycles. The summed E-state index contributed by atoms with van der Waals surface area (Å²) >= 11 is 0. The van der Waals surface area contributed by atoms with Crippen molar-refractivity contribution in [3.8, 4) is 0 Å². The molecule has 2 amide bonds. The van der Waals surface area contributed by atoms with Crippen LogP contribution < -0.4 is 0 Å². The molecule has 0 aromatic heterocycles. The van der Waals surface area contributed by atoms with E-state index < -0.39 is 0 Å². The number of aliphatic hydroxyl groups is 1. The average Bonchev–Trinajstić information content (AvgIpc) is 2.40. The van der Waals surface area contributed by atoms with E-state index in [1.54, 1.807) is 0 Å². The van der Waals surface area contributed by atoms with Gasteiger partial charge in [0.1, 0.15) is 0 Å². The zero-order valence-corrected chi connectivity index (χ0v) is 10.6. The molecule has 1 unspecified atom stereocenters. The Labute approximate surface area is 104 Å². The normalized spacial score (nSPS) is 26.1. The maximum absolute atomic E-state index is 12.3. The van der Waals surface area contributed by atoms with Gasteiger partial charge in [0, 0.05) is 32.8 Å². The van der Waals surface area contributed by atoms with Gasteiger partial charge in [-0.1, -0.05) is 0 Å². The van der Waals surface area contributed by atoms with Crippen LogP contribution in [-0.2, 0) is 0 Å². The van der Waals surface area contributed by atoms with Gasteiger partial charge in [0.15, 0.2) is 0 Å². The van der Waals surface area contributed by atoms with Crippen LogP contribution in [0.3, 0.4) is 0 Å². The van der Waals surface area contributed by atoms with Crippen molar-refractivity contribution in [3.05, 3.63) is 0 Å². The van der Waals surface area contributed by atoms with Crippen molar-refractivity contribution in [3.63, 3.8) is 0 Å². The van der Waals surface area contributed by atoms with E-state index in [2.05, 4.69) is 0 Å². The summed E-state index contributed by atoms with van der Waals surface area (Å²) in [4.78, 5) is 16.3. The zero-order chi connectivity index (χ0) is 12.1. The summed E-state index contributed by atoms with van der Waals surface area (Å²) in [5.74, 6) is 0.502. The predicted octanol–water partition coefficient (Wildman–Crippen LogP) is 1.69. The molecule has 2 aliphatic heterocycles. The first-order valence-electron chi connectivity index (χ1n) is 6.96. The third-order valence-electron chi connectivity index (χ3n) is 3.95. The quantitative estimate of drug-likeness (QED) is 0.798. The number of hydrogen-bond donors (Lipinski definition) is 1. The largest absolute Gasteiger partial charge is 0.396 e. The molecular weight excluding hydrogens is 216 g/mol. The number of nitrogens with zero attached hydrogens (tertiary/aromatic N) is 2. The summed E-state index contributed by atoms with van der Waals surface area (Å²) in [5.41, 5.74) is 0. The van der Waals surface area contributed by atoms with Crippen molar-refractivity contribution in [1.29, 1.82) is 0 Å². The fourth-order valence-corrected chi connectivity index (χ4v) is 2.94. The third kappa shape index (κ3) is 3.35. The van der Waals surface area contributed by atoms with Crippen LogP contribution in [0.25, 0.3) is 0 Å². The van der Waals surface area contributed by atoms with Gasteiger partial charge in [-0.15, -0.1) is 0 Å². The van der Waals surface area contributed by atoms with E-state index in [1.165, 1.54) is 6.42 Å². The van der Waals surface area contributed by atoms with Gasteiger partial charge in [0.25, 0.3) is 0 Å². The van der Waals surface area contributed by atoms with Gasteiger partial charge >= 0.3 is 6.03 Å². The van der Waals surface area contributed by atoms with Crippen LogP contribution in [-0.4, -0.2) is 53.7 Å². The maximum Gasteiger partial charge on any atom is 0.320 e. The molecule has 2 aliphatic rings. The van der Waals surface area contributed by atoms with Crippen LogP contribution in [0, 0.1) is 5.92 Å². The minimum Gasteiger partial charge on any atom is -0.396 e. The molecule has 2 rings (SSSR count). The number of piperidine rings is 2. The fraction of sp³-hybridized carbons (Fsp3) is 0.923. The summed E-state index contributed by atoms with van der Waals surface area (Å²) in [5, 5.41) is 8.98. The highest BCUT2D eigenvalue weighted by molar-refractivity contribution is 5.74. The molecule has 0 radical (unpaired) electrons. The van der Waals surface area contributed by atoms with Gasteiger partial charge in [0.2, 0.25) is 0 Å². The predicted molar refractivity (Wildman–Crippen MR) is 66.8 cm³/mol. The summed E-state index contributed by atoms with van der Waals surface area (Å²) in [7, 11) is 0. The zero-order valence-electron chi connectivity index (χ0n) is 10.6. The van der Waals surface area contributed by atoms with Crippen molar-refractivity contribution in [2.24, 2.45) is 5.92 Å². The van der Waals surface area contributed by atoms with Gasteiger partial charge in [-0.25, -0.2) is 4.79 Å². The van der Waals surface area contributed by atoms with Crippen LogP contribution in [0.2, 0.25) is 0 Å². The monoisotopic (exact) mass is 240 g/mol. The molecular formula is C13H24N2O2. The number of likely N-dealkylation sites (tertiary alicyclic amines) is 2. The van der Waals surface area contributed by atoms with Crippen LogP contribution in [0.1, 0.15) is 38.5 Å². The summed E-state index contributed by atoms with van der Waals surface area (Å²) in [6.45, 7) is 3.85. The molecule has 0 bridgehead atoms. The van der Waals surface area contributed by atoms with E-state index in [0.29, 0.717) is 5.92 Å². The van der Waals surface area contributed by atoms with E-state index in [0.717, 1.165) is 58.3 Å². The number of amides is 2. The van der Waals surface area contributed by atoms with Crippen LogP contribution in [0.15, 0.2) is 0 Å². The van der Waals surface area contributed by atoms with Gasteiger partial charge in [0.05, 0.1) is 0 Å². The summed E-state index contributed by atoms with van der Waals surface area (Å²) < 4.78 is 0. The highest BCUT2D eigenvalue weighted by atomic mass is 16.3. The standard InChI is InChI=1S/C13H24N2O2/c16-10-6-12-5-4-9-15(11-12)13(17)14-7-2-1-3-8-14/h12,16H,1-11H2. The lowest BCUT2D eigenvalue weighted by atomic mass is 9.95. The van der Waals surface area contributed by atoms with E-state index in [1.807, 2.05) is 9.80 Å². The second-order valence-electron chi connectivity index (χ2n) is 5.30. The molecule has 0 aromatic rings. The Hall–Kier alpha value is -0.770. The second kappa shape index (κ2) is 6.24. The smallest absolute Gasteiger partial charge is 0.320 e. The Bertz CT molecular complexity index is 250. The molecule has 1 atom stereocenters. The molecule has 17 heavy (non-hydrogen) atoms. The van der Waals surface area contributed by atoms with Crippen molar-refractivity contribution in [1.82, 2.24) is 9.80 Å². The van der Waals surface area contributed by atoms with Crippen LogP contribution in [0.5, 0.6) is 0 Å². The first-order valence-corrected chi connectivity index (χ1v) is 6.96. The van der Waals surface area contributed by atoms with E-state index >= 15 is 0 Å². The number of urea groups is 1. The Morgan fingerprint density at radius 3 is 2.47 bits per heavy atom. The van der Waals surface area contributed by atoms with Crippen molar-refractivity contribution < 1.29 is 9.90 Å². The van der Waals surface area contributed by atoms with E-state index in [4.69, 9.17) is 5.11 Å². The molecule has 98 valence electrons. The Balaban J connectivity index is 1.85. The minimum atomic E-state index is 0.229. The van der Waals surface area contributed by atoms with Crippen molar-refractivity contribution in [2.75, 3.05) is 32.8 Å². The number of carbonyl (C=O) groups is 1. The summed E-state index contributed by atoms with van der Waals surface area (Å²) in [6, 6.07) is 0.229. The number of hydrogen-bond acceptors (Lipinski definition) is 2.